The van der Waals surface area contributed by atoms with Crippen molar-refractivity contribution >= 4 is 9.84 Å². The lowest BCUT2D eigenvalue weighted by molar-refractivity contribution is 0.462. The van der Waals surface area contributed by atoms with Crippen LogP contribution in [0.5, 0.6) is 0 Å². The van der Waals surface area contributed by atoms with Crippen molar-refractivity contribution < 1.29 is 8.42 Å². The molecule has 2 fully saturated rings. The minimum atomic E-state index is -3.02. The topological polar surface area (TPSA) is 99.7 Å². The number of rotatable bonds is 4. The van der Waals surface area contributed by atoms with E-state index in [1.807, 2.05) is 0 Å². The van der Waals surface area contributed by atoms with Crippen molar-refractivity contribution in [1.29, 1.82) is 0 Å². The summed E-state index contributed by atoms with van der Waals surface area (Å²) in [6.07, 6.45) is 8.15. The zero-order valence-corrected chi connectivity index (χ0v) is 14.7. The number of aromatic nitrogens is 5. The zero-order chi connectivity index (χ0) is 17.4. The third-order valence-corrected chi connectivity index (χ3v) is 6.84. The SMILES string of the molecule is O=c1ncccn1Cc1nc(C2CCCC2)nn1[C@@H]1CCS(=O)(=O)C1. The van der Waals surface area contributed by atoms with Gasteiger partial charge in [-0.25, -0.2) is 27.9 Å². The summed E-state index contributed by atoms with van der Waals surface area (Å²) in [7, 11) is -3.02. The van der Waals surface area contributed by atoms with Gasteiger partial charge in [0, 0.05) is 18.3 Å². The van der Waals surface area contributed by atoms with Crippen molar-refractivity contribution in [3.05, 3.63) is 40.6 Å². The molecule has 1 aliphatic heterocycles. The lowest BCUT2D eigenvalue weighted by Gasteiger charge is -2.12. The summed E-state index contributed by atoms with van der Waals surface area (Å²) >= 11 is 0. The first-order valence-electron chi connectivity index (χ1n) is 8.69. The molecule has 1 atom stereocenters. The lowest BCUT2D eigenvalue weighted by atomic mass is 10.1. The Balaban J connectivity index is 1.70. The van der Waals surface area contributed by atoms with E-state index in [1.165, 1.54) is 23.6 Å². The van der Waals surface area contributed by atoms with Crippen LogP contribution < -0.4 is 5.69 Å². The molecule has 0 bridgehead atoms. The standard InChI is InChI=1S/C16H21N5O3S/c22-16-17-7-3-8-20(16)10-14-18-15(12-4-1-2-5-12)19-21(14)13-6-9-25(23,24)11-13/h3,7-8,12-13H,1-2,4-6,9-11H2/t13-/m1/s1. The lowest BCUT2D eigenvalue weighted by Crippen LogP contribution is -2.25. The molecule has 1 saturated carbocycles. The summed E-state index contributed by atoms with van der Waals surface area (Å²) in [5.41, 5.74) is -0.349. The average molecular weight is 363 g/mol. The number of hydrogen-bond donors (Lipinski definition) is 0. The maximum Gasteiger partial charge on any atom is 0.347 e. The Morgan fingerprint density at radius 3 is 2.68 bits per heavy atom. The fraction of sp³-hybridized carbons (Fsp3) is 0.625. The number of sulfone groups is 1. The Labute approximate surface area is 145 Å². The van der Waals surface area contributed by atoms with Crippen LogP contribution in [-0.4, -0.2) is 44.2 Å². The van der Waals surface area contributed by atoms with E-state index in [-0.39, 0.29) is 29.8 Å². The fourth-order valence-electron chi connectivity index (χ4n) is 3.76. The van der Waals surface area contributed by atoms with Crippen molar-refractivity contribution in [1.82, 2.24) is 24.3 Å². The smallest absolute Gasteiger partial charge is 0.292 e. The molecule has 8 nitrogen and oxygen atoms in total. The van der Waals surface area contributed by atoms with Crippen LogP contribution in [-0.2, 0) is 16.4 Å². The Hall–Kier alpha value is -2.03. The van der Waals surface area contributed by atoms with Crippen molar-refractivity contribution in [3.63, 3.8) is 0 Å². The van der Waals surface area contributed by atoms with E-state index < -0.39 is 9.84 Å². The molecule has 25 heavy (non-hydrogen) atoms. The quantitative estimate of drug-likeness (QED) is 0.800. The van der Waals surface area contributed by atoms with E-state index in [1.54, 1.807) is 16.9 Å². The van der Waals surface area contributed by atoms with Crippen molar-refractivity contribution in [2.45, 2.75) is 50.6 Å². The second-order valence-electron chi connectivity index (χ2n) is 6.90. The van der Waals surface area contributed by atoms with Crippen molar-refractivity contribution in [3.8, 4) is 0 Å². The summed E-state index contributed by atoms with van der Waals surface area (Å²) < 4.78 is 27.0. The molecule has 134 valence electrons. The summed E-state index contributed by atoms with van der Waals surface area (Å²) in [4.78, 5) is 20.4. The van der Waals surface area contributed by atoms with Crippen LogP contribution in [0, 0.1) is 0 Å². The molecule has 0 N–H and O–H groups in total. The Kier molecular flexibility index (Phi) is 4.18. The van der Waals surface area contributed by atoms with Crippen LogP contribution in [0.1, 0.15) is 55.7 Å². The van der Waals surface area contributed by atoms with E-state index in [0.717, 1.165) is 18.7 Å². The predicted molar refractivity (Wildman–Crippen MR) is 91.1 cm³/mol. The molecule has 2 aromatic heterocycles. The summed E-state index contributed by atoms with van der Waals surface area (Å²) in [5, 5.41) is 4.67. The molecule has 0 unspecified atom stereocenters. The molecular weight excluding hydrogens is 342 g/mol. The van der Waals surface area contributed by atoms with Crippen molar-refractivity contribution in [2.75, 3.05) is 11.5 Å². The van der Waals surface area contributed by atoms with Gasteiger partial charge in [-0.1, -0.05) is 12.8 Å². The normalized spacial score (nSPS) is 23.3. The summed E-state index contributed by atoms with van der Waals surface area (Å²) in [6.45, 7) is 0.253. The second-order valence-corrected chi connectivity index (χ2v) is 9.13. The highest BCUT2D eigenvalue weighted by molar-refractivity contribution is 7.91. The van der Waals surface area contributed by atoms with Gasteiger partial charge in [0.2, 0.25) is 0 Å². The molecule has 1 saturated heterocycles. The Morgan fingerprint density at radius 1 is 1.20 bits per heavy atom. The molecule has 4 rings (SSSR count). The van der Waals surface area contributed by atoms with E-state index in [9.17, 15) is 13.2 Å². The van der Waals surface area contributed by atoms with E-state index in [0.29, 0.717) is 18.2 Å². The molecule has 3 heterocycles. The van der Waals surface area contributed by atoms with Gasteiger partial charge in [0.15, 0.2) is 15.7 Å². The van der Waals surface area contributed by atoms with Gasteiger partial charge in [-0.15, -0.1) is 0 Å². The third-order valence-electron chi connectivity index (χ3n) is 5.09. The minimum Gasteiger partial charge on any atom is -0.292 e. The van der Waals surface area contributed by atoms with Crippen LogP contribution in [0.4, 0.5) is 0 Å². The van der Waals surface area contributed by atoms with Gasteiger partial charge < -0.3 is 0 Å². The van der Waals surface area contributed by atoms with Gasteiger partial charge in [-0.3, -0.25) is 4.57 Å². The molecule has 1 aliphatic carbocycles. The van der Waals surface area contributed by atoms with Gasteiger partial charge in [-0.2, -0.15) is 5.10 Å². The highest BCUT2D eigenvalue weighted by Gasteiger charge is 2.33. The Morgan fingerprint density at radius 2 is 2.00 bits per heavy atom. The predicted octanol–water partition coefficient (Wildman–Crippen LogP) is 0.900. The van der Waals surface area contributed by atoms with E-state index in [4.69, 9.17) is 4.98 Å². The van der Waals surface area contributed by atoms with Gasteiger partial charge in [0.25, 0.3) is 0 Å². The zero-order valence-electron chi connectivity index (χ0n) is 13.9. The third kappa shape index (κ3) is 3.37. The van der Waals surface area contributed by atoms with E-state index in [2.05, 4.69) is 10.1 Å². The van der Waals surface area contributed by atoms with Gasteiger partial charge in [0.05, 0.1) is 24.1 Å². The van der Waals surface area contributed by atoms with Crippen LogP contribution in [0.25, 0.3) is 0 Å². The first-order chi connectivity index (χ1) is 12.0. The summed E-state index contributed by atoms with van der Waals surface area (Å²) in [5.74, 6) is 2.04. The van der Waals surface area contributed by atoms with E-state index >= 15 is 0 Å². The Bertz CT molecular complexity index is 927. The van der Waals surface area contributed by atoms with Crippen LogP contribution in [0.15, 0.2) is 23.3 Å². The molecule has 0 amide bonds. The number of hydrogen-bond acceptors (Lipinski definition) is 6. The molecule has 0 spiro atoms. The fourth-order valence-corrected chi connectivity index (χ4v) is 5.45. The molecule has 0 aromatic carbocycles. The highest BCUT2D eigenvalue weighted by Crippen LogP contribution is 2.33. The molecule has 9 heteroatoms. The maximum absolute atomic E-state index is 11.9. The number of nitrogens with zero attached hydrogens (tertiary/aromatic N) is 5. The molecule has 0 radical (unpaired) electrons. The first kappa shape index (κ1) is 16.4. The average Bonchev–Trinajstić information content (AvgIpc) is 3.28. The van der Waals surface area contributed by atoms with Crippen LogP contribution >= 0.6 is 0 Å². The molecular formula is C16H21N5O3S. The van der Waals surface area contributed by atoms with Crippen LogP contribution in [0.2, 0.25) is 0 Å². The van der Waals surface area contributed by atoms with Gasteiger partial charge in [0.1, 0.15) is 5.82 Å². The largest absolute Gasteiger partial charge is 0.347 e. The highest BCUT2D eigenvalue weighted by atomic mass is 32.2. The van der Waals surface area contributed by atoms with Gasteiger partial charge >= 0.3 is 5.69 Å². The second kappa shape index (κ2) is 6.36. The maximum atomic E-state index is 11.9. The van der Waals surface area contributed by atoms with Gasteiger partial charge in [-0.05, 0) is 25.3 Å². The minimum absolute atomic E-state index is 0.0927. The monoisotopic (exact) mass is 363 g/mol. The molecule has 2 aliphatic rings. The first-order valence-corrected chi connectivity index (χ1v) is 10.5. The summed E-state index contributed by atoms with van der Waals surface area (Å²) in [6, 6.07) is 1.50. The van der Waals surface area contributed by atoms with Crippen molar-refractivity contribution in [2.24, 2.45) is 0 Å². The van der Waals surface area contributed by atoms with Crippen LogP contribution in [0.3, 0.4) is 0 Å². The molecule has 2 aromatic rings.